The number of Topliss-reactive ketones (excluding diaryl/α,β-unsaturated/α-hetero) is 1. The highest BCUT2D eigenvalue weighted by atomic mass is 32.2. The van der Waals surface area contributed by atoms with E-state index in [2.05, 4.69) is 22.9 Å². The van der Waals surface area contributed by atoms with Crippen molar-refractivity contribution in [3.05, 3.63) is 59.2 Å². The third kappa shape index (κ3) is 5.11. The Labute approximate surface area is 147 Å². The summed E-state index contributed by atoms with van der Waals surface area (Å²) in [5.41, 5.74) is 3.33. The molecule has 24 heavy (non-hydrogen) atoms. The van der Waals surface area contributed by atoms with Crippen LogP contribution in [0.15, 0.2) is 47.4 Å². The van der Waals surface area contributed by atoms with E-state index in [1.54, 1.807) is 36.0 Å². The number of hydrogen-bond donors (Lipinski definition) is 1. The Morgan fingerprint density at radius 2 is 1.71 bits per heavy atom. The molecule has 0 saturated carbocycles. The van der Waals surface area contributed by atoms with E-state index >= 15 is 0 Å². The number of rotatable bonds is 6. The molecule has 2 rings (SSSR count). The van der Waals surface area contributed by atoms with Gasteiger partial charge in [-0.2, -0.15) is 0 Å². The van der Waals surface area contributed by atoms with Crippen molar-refractivity contribution in [1.29, 1.82) is 0 Å². The Bertz CT molecular complexity index is 843. The summed E-state index contributed by atoms with van der Waals surface area (Å²) in [6, 6.07) is 12.7. The quantitative estimate of drug-likeness (QED) is 0.621. The summed E-state index contributed by atoms with van der Waals surface area (Å²) < 4.78 is 24.8. The van der Waals surface area contributed by atoms with Gasteiger partial charge in [-0.25, -0.2) is 8.42 Å². The smallest absolute Gasteiger partial charge is 0.229 e. The van der Waals surface area contributed by atoms with Crippen molar-refractivity contribution in [1.82, 2.24) is 0 Å². The lowest BCUT2D eigenvalue weighted by Crippen LogP contribution is -2.14. The normalized spacial score (nSPS) is 12.7. The van der Waals surface area contributed by atoms with Gasteiger partial charge in [-0.1, -0.05) is 17.7 Å². The Kier molecular flexibility index (Phi) is 5.72. The van der Waals surface area contributed by atoms with Crippen LogP contribution in [0.3, 0.4) is 0 Å². The van der Waals surface area contributed by atoms with Crippen LogP contribution in [0.4, 0.5) is 5.69 Å². The molecule has 0 bridgehead atoms. The predicted molar refractivity (Wildman–Crippen MR) is 100 cm³/mol. The molecule has 4 nitrogen and oxygen atoms in total. The monoisotopic (exact) mass is 363 g/mol. The highest BCUT2D eigenvalue weighted by molar-refractivity contribution is 8.00. The largest absolute Gasteiger partial charge is 0.293 e. The van der Waals surface area contributed by atoms with Gasteiger partial charge in [0, 0.05) is 16.1 Å². The van der Waals surface area contributed by atoms with E-state index < -0.39 is 10.0 Å². The number of sulfonamides is 1. The number of carbonyl (C=O) groups excluding carboxylic acids is 1. The van der Waals surface area contributed by atoms with E-state index in [9.17, 15) is 13.2 Å². The van der Waals surface area contributed by atoms with E-state index in [4.69, 9.17) is 0 Å². The van der Waals surface area contributed by atoms with Gasteiger partial charge in [-0.15, -0.1) is 11.8 Å². The lowest BCUT2D eigenvalue weighted by atomic mass is 10.1. The average molecular weight is 364 g/mol. The SMILES string of the molecule is Cc1ccc(C)c(SC(C)C(=O)c2ccc(NS(C)(=O)=O)cc2)c1. The van der Waals surface area contributed by atoms with Gasteiger partial charge in [0.1, 0.15) is 0 Å². The van der Waals surface area contributed by atoms with E-state index in [-0.39, 0.29) is 11.0 Å². The molecule has 1 N–H and O–H groups in total. The van der Waals surface area contributed by atoms with Crippen LogP contribution in [-0.4, -0.2) is 25.7 Å². The van der Waals surface area contributed by atoms with Crippen molar-refractivity contribution in [3.63, 3.8) is 0 Å². The molecule has 0 heterocycles. The third-order valence-corrected chi connectivity index (χ3v) is 5.36. The van der Waals surface area contributed by atoms with Gasteiger partial charge in [0.05, 0.1) is 11.5 Å². The minimum Gasteiger partial charge on any atom is -0.293 e. The molecule has 0 saturated heterocycles. The topological polar surface area (TPSA) is 63.2 Å². The number of hydrogen-bond acceptors (Lipinski definition) is 4. The number of nitrogens with one attached hydrogen (secondary N) is 1. The van der Waals surface area contributed by atoms with E-state index in [1.165, 1.54) is 5.56 Å². The van der Waals surface area contributed by atoms with Gasteiger partial charge in [0.15, 0.2) is 5.78 Å². The van der Waals surface area contributed by atoms with Gasteiger partial charge in [0.25, 0.3) is 0 Å². The van der Waals surface area contributed by atoms with Gasteiger partial charge in [0.2, 0.25) is 10.0 Å². The second kappa shape index (κ2) is 7.40. The molecular weight excluding hydrogens is 342 g/mol. The number of benzene rings is 2. The molecule has 0 spiro atoms. The van der Waals surface area contributed by atoms with Crippen molar-refractivity contribution in [2.45, 2.75) is 30.9 Å². The van der Waals surface area contributed by atoms with Crippen LogP contribution in [-0.2, 0) is 10.0 Å². The van der Waals surface area contributed by atoms with Crippen LogP contribution in [0.5, 0.6) is 0 Å². The van der Waals surface area contributed by atoms with Crippen LogP contribution in [0.25, 0.3) is 0 Å². The highest BCUT2D eigenvalue weighted by Crippen LogP contribution is 2.29. The molecule has 2 aromatic rings. The van der Waals surface area contributed by atoms with E-state index in [1.807, 2.05) is 20.8 Å². The first-order valence-electron chi connectivity index (χ1n) is 7.52. The van der Waals surface area contributed by atoms with Crippen molar-refractivity contribution in [2.75, 3.05) is 11.0 Å². The second-order valence-corrected chi connectivity index (χ2v) is 8.98. The Balaban J connectivity index is 2.11. The minimum absolute atomic E-state index is 0.0202. The molecular formula is C18H21NO3S2. The summed E-state index contributed by atoms with van der Waals surface area (Å²) in [6.45, 7) is 5.95. The van der Waals surface area contributed by atoms with Crippen molar-refractivity contribution >= 4 is 33.3 Å². The minimum atomic E-state index is -3.32. The maximum Gasteiger partial charge on any atom is 0.229 e. The van der Waals surface area contributed by atoms with Crippen LogP contribution in [0.2, 0.25) is 0 Å². The number of anilines is 1. The maximum atomic E-state index is 12.6. The number of aryl methyl sites for hydroxylation is 2. The Hall–Kier alpha value is -1.79. The van der Waals surface area contributed by atoms with Gasteiger partial charge >= 0.3 is 0 Å². The van der Waals surface area contributed by atoms with Crippen molar-refractivity contribution < 1.29 is 13.2 Å². The highest BCUT2D eigenvalue weighted by Gasteiger charge is 2.17. The lowest BCUT2D eigenvalue weighted by Gasteiger charge is -2.13. The molecule has 0 amide bonds. The molecule has 128 valence electrons. The fourth-order valence-electron chi connectivity index (χ4n) is 2.23. The fourth-order valence-corrected chi connectivity index (χ4v) is 3.93. The lowest BCUT2D eigenvalue weighted by molar-refractivity contribution is 0.0994. The molecule has 6 heteroatoms. The van der Waals surface area contributed by atoms with Gasteiger partial charge < -0.3 is 0 Å². The van der Waals surface area contributed by atoms with Gasteiger partial charge in [-0.05, 0) is 56.7 Å². The zero-order chi connectivity index (χ0) is 17.9. The zero-order valence-electron chi connectivity index (χ0n) is 14.2. The first kappa shape index (κ1) is 18.5. The fraction of sp³-hybridized carbons (Fsp3) is 0.278. The first-order chi connectivity index (χ1) is 11.2. The molecule has 0 aliphatic rings. The molecule has 1 unspecified atom stereocenters. The van der Waals surface area contributed by atoms with Crippen LogP contribution in [0.1, 0.15) is 28.4 Å². The molecule has 0 aromatic heterocycles. The first-order valence-corrected chi connectivity index (χ1v) is 10.3. The van der Waals surface area contributed by atoms with Crippen LogP contribution >= 0.6 is 11.8 Å². The summed E-state index contributed by atoms with van der Waals surface area (Å²) >= 11 is 1.54. The molecule has 0 fully saturated rings. The zero-order valence-corrected chi connectivity index (χ0v) is 15.8. The average Bonchev–Trinajstić information content (AvgIpc) is 2.49. The van der Waals surface area contributed by atoms with Crippen LogP contribution in [0, 0.1) is 13.8 Å². The number of thioether (sulfide) groups is 1. The molecule has 0 radical (unpaired) electrons. The molecule has 0 aliphatic carbocycles. The maximum absolute atomic E-state index is 12.6. The summed E-state index contributed by atoms with van der Waals surface area (Å²) in [4.78, 5) is 13.7. The standard InChI is InChI=1S/C18H21NO3S2/c1-12-5-6-13(2)17(11-12)23-14(3)18(20)15-7-9-16(10-8-15)19-24(4,21)22/h5-11,14,19H,1-4H3. The summed E-state index contributed by atoms with van der Waals surface area (Å²) in [7, 11) is -3.32. The Morgan fingerprint density at radius 1 is 1.08 bits per heavy atom. The number of carbonyl (C=O) groups is 1. The summed E-state index contributed by atoms with van der Waals surface area (Å²) in [5, 5.41) is -0.223. The molecule has 0 aliphatic heterocycles. The second-order valence-electron chi connectivity index (χ2n) is 5.84. The summed E-state index contributed by atoms with van der Waals surface area (Å²) in [6.07, 6.45) is 1.09. The molecule has 2 aromatic carbocycles. The van der Waals surface area contributed by atoms with Crippen LogP contribution < -0.4 is 4.72 Å². The summed E-state index contributed by atoms with van der Waals surface area (Å²) in [5.74, 6) is 0.0202. The predicted octanol–water partition coefficient (Wildman–Crippen LogP) is 4.04. The van der Waals surface area contributed by atoms with Crippen molar-refractivity contribution in [3.8, 4) is 0 Å². The van der Waals surface area contributed by atoms with E-state index in [0.717, 1.165) is 16.7 Å². The van der Waals surface area contributed by atoms with E-state index in [0.29, 0.717) is 11.3 Å². The van der Waals surface area contributed by atoms with Crippen molar-refractivity contribution in [2.24, 2.45) is 0 Å². The third-order valence-electron chi connectivity index (χ3n) is 3.49. The number of ketones is 1. The van der Waals surface area contributed by atoms with Gasteiger partial charge in [-0.3, -0.25) is 9.52 Å². The Morgan fingerprint density at radius 3 is 2.29 bits per heavy atom. The molecule has 1 atom stereocenters.